The topological polar surface area (TPSA) is 43.9 Å². The summed E-state index contributed by atoms with van der Waals surface area (Å²) in [6.45, 7) is 5.93. The van der Waals surface area contributed by atoms with E-state index in [-0.39, 0.29) is 23.7 Å². The number of hydrogen-bond donors (Lipinski definition) is 0. The molecule has 1 spiro atoms. The predicted octanol–water partition coefficient (Wildman–Crippen LogP) is 6.24. The lowest BCUT2D eigenvalue weighted by Crippen LogP contribution is -2.46. The minimum atomic E-state index is -0.199. The predicted molar refractivity (Wildman–Crippen MR) is 165 cm³/mol. The monoisotopic (exact) mass is 621 g/mol. The van der Waals surface area contributed by atoms with Crippen LogP contribution in [0, 0.1) is 11.3 Å². The Labute approximate surface area is 252 Å². The highest BCUT2D eigenvalue weighted by atomic mass is 79.9. The summed E-state index contributed by atoms with van der Waals surface area (Å²) in [7, 11) is 0. The first-order valence-corrected chi connectivity index (χ1v) is 15.0. The zero-order valence-corrected chi connectivity index (χ0v) is 25.2. The van der Waals surface area contributed by atoms with Crippen LogP contribution in [0.4, 0.5) is 0 Å². The van der Waals surface area contributed by atoms with Crippen molar-refractivity contribution < 1.29 is 9.59 Å². The largest absolute Gasteiger partial charge is 0.338 e. The Hall–Kier alpha value is -2.67. The van der Waals surface area contributed by atoms with E-state index < -0.39 is 0 Å². The van der Waals surface area contributed by atoms with Crippen LogP contribution in [-0.4, -0.2) is 65.8 Å². The minimum absolute atomic E-state index is 0. The zero-order chi connectivity index (χ0) is 26.8. The van der Waals surface area contributed by atoms with Gasteiger partial charge in [0.2, 0.25) is 5.91 Å². The highest BCUT2D eigenvalue weighted by Crippen LogP contribution is 2.43. The molecule has 0 bridgehead atoms. The Morgan fingerprint density at radius 1 is 0.825 bits per heavy atom. The Kier molecular flexibility index (Phi) is 8.98. The number of carbonyl (C=O) groups excluding carboxylic acids is 2. The summed E-state index contributed by atoms with van der Waals surface area (Å²) in [5.41, 5.74) is 3.06. The van der Waals surface area contributed by atoms with Crippen molar-refractivity contribution >= 4 is 40.2 Å². The number of nitrogens with zero attached hydrogens (tertiary/aromatic N) is 3. The van der Waals surface area contributed by atoms with Crippen LogP contribution < -0.4 is 0 Å². The fourth-order valence-corrected chi connectivity index (χ4v) is 7.14. The summed E-state index contributed by atoms with van der Waals surface area (Å²) >= 11 is 3.50. The third-order valence-corrected chi connectivity index (χ3v) is 9.70. The van der Waals surface area contributed by atoms with Crippen LogP contribution in [0.2, 0.25) is 0 Å². The van der Waals surface area contributed by atoms with Gasteiger partial charge in [-0.15, -0.1) is 12.4 Å². The summed E-state index contributed by atoms with van der Waals surface area (Å²) in [5, 5.41) is 0. The number of halogens is 2. The molecule has 3 aromatic carbocycles. The standard InChI is InChI=1S/C33H36BrN3O2.ClH/c34-29-13-11-25(12-14-29)21-36-20-17-33(32(36)39)15-18-35(19-16-33)22-28-23-37(31(38)27-9-5-2-6-10-27)24-30(28)26-7-3-1-4-8-26;/h1-14,28,30H,15-24H2;1H. The fourth-order valence-electron chi connectivity index (χ4n) is 6.88. The summed E-state index contributed by atoms with van der Waals surface area (Å²) in [5.74, 6) is 1.17. The minimum Gasteiger partial charge on any atom is -0.338 e. The molecule has 3 fully saturated rings. The van der Waals surface area contributed by atoms with E-state index in [0.717, 1.165) is 68.6 Å². The highest BCUT2D eigenvalue weighted by molar-refractivity contribution is 9.10. The lowest BCUT2D eigenvalue weighted by molar-refractivity contribution is -0.139. The van der Waals surface area contributed by atoms with Gasteiger partial charge in [0.15, 0.2) is 0 Å². The van der Waals surface area contributed by atoms with E-state index in [1.165, 1.54) is 11.1 Å². The molecule has 0 radical (unpaired) electrons. The molecular formula is C33H37BrClN3O2. The second-order valence-corrected chi connectivity index (χ2v) is 12.5. The zero-order valence-electron chi connectivity index (χ0n) is 22.8. The molecule has 40 heavy (non-hydrogen) atoms. The quantitative estimate of drug-likeness (QED) is 0.327. The second kappa shape index (κ2) is 12.5. The van der Waals surface area contributed by atoms with Crippen LogP contribution in [0.15, 0.2) is 89.4 Å². The van der Waals surface area contributed by atoms with Crippen molar-refractivity contribution in [2.75, 3.05) is 39.3 Å². The van der Waals surface area contributed by atoms with Gasteiger partial charge in [0.25, 0.3) is 5.91 Å². The molecule has 2 atom stereocenters. The number of benzene rings is 3. The van der Waals surface area contributed by atoms with Crippen molar-refractivity contribution in [1.29, 1.82) is 0 Å². The number of hydrogen-bond acceptors (Lipinski definition) is 3. The van der Waals surface area contributed by atoms with E-state index in [0.29, 0.717) is 24.3 Å². The lowest BCUT2D eigenvalue weighted by atomic mass is 9.76. The molecule has 0 aliphatic carbocycles. The fraction of sp³-hybridized carbons (Fsp3) is 0.394. The molecule has 7 heteroatoms. The molecule has 0 N–H and O–H groups in total. The van der Waals surface area contributed by atoms with Crippen molar-refractivity contribution in [3.63, 3.8) is 0 Å². The maximum absolute atomic E-state index is 13.5. The maximum atomic E-state index is 13.5. The molecule has 3 aliphatic rings. The first-order valence-electron chi connectivity index (χ1n) is 14.2. The number of likely N-dealkylation sites (tertiary alicyclic amines) is 3. The molecule has 5 nitrogen and oxygen atoms in total. The van der Waals surface area contributed by atoms with Crippen molar-refractivity contribution in [2.24, 2.45) is 11.3 Å². The van der Waals surface area contributed by atoms with E-state index in [9.17, 15) is 9.59 Å². The van der Waals surface area contributed by atoms with E-state index in [4.69, 9.17) is 0 Å². The number of rotatable bonds is 6. The molecular weight excluding hydrogens is 586 g/mol. The number of amides is 2. The van der Waals surface area contributed by atoms with Crippen LogP contribution in [0.5, 0.6) is 0 Å². The van der Waals surface area contributed by atoms with E-state index in [2.05, 4.69) is 68.2 Å². The lowest BCUT2D eigenvalue weighted by Gasteiger charge is -2.39. The normalized spacial score (nSPS) is 22.5. The van der Waals surface area contributed by atoms with E-state index in [1.807, 2.05) is 47.4 Å². The van der Waals surface area contributed by atoms with Gasteiger partial charge in [0.1, 0.15) is 0 Å². The molecule has 0 aromatic heterocycles. The van der Waals surface area contributed by atoms with Crippen molar-refractivity contribution in [2.45, 2.75) is 31.7 Å². The summed E-state index contributed by atoms with van der Waals surface area (Å²) in [4.78, 5) is 33.5. The SMILES string of the molecule is Cl.O=C(c1ccccc1)N1CC(CN2CCC3(CC2)CCN(Cc2ccc(Br)cc2)C3=O)C(c2ccccc2)C1. The van der Waals surface area contributed by atoms with Gasteiger partial charge in [-0.25, -0.2) is 0 Å². The van der Waals surface area contributed by atoms with Crippen molar-refractivity contribution in [1.82, 2.24) is 14.7 Å². The molecule has 2 unspecified atom stereocenters. The highest BCUT2D eigenvalue weighted by Gasteiger charge is 2.48. The Morgan fingerprint density at radius 2 is 1.45 bits per heavy atom. The average Bonchev–Trinajstić information content (AvgIpc) is 3.53. The van der Waals surface area contributed by atoms with Gasteiger partial charge >= 0.3 is 0 Å². The van der Waals surface area contributed by atoms with Gasteiger partial charge in [-0.1, -0.05) is 76.6 Å². The molecule has 3 heterocycles. The molecule has 3 aromatic rings. The van der Waals surface area contributed by atoms with E-state index in [1.54, 1.807) is 0 Å². The third-order valence-electron chi connectivity index (χ3n) is 9.17. The number of piperidine rings is 1. The van der Waals surface area contributed by atoms with Crippen LogP contribution >= 0.6 is 28.3 Å². The summed E-state index contributed by atoms with van der Waals surface area (Å²) < 4.78 is 1.06. The van der Waals surface area contributed by atoms with Crippen molar-refractivity contribution in [3.05, 3.63) is 106 Å². The molecule has 3 saturated heterocycles. The van der Waals surface area contributed by atoms with Gasteiger partial charge in [-0.05, 0) is 73.7 Å². The van der Waals surface area contributed by atoms with Crippen LogP contribution in [0.25, 0.3) is 0 Å². The van der Waals surface area contributed by atoms with Crippen LogP contribution in [0.1, 0.15) is 46.7 Å². The maximum Gasteiger partial charge on any atom is 0.253 e. The van der Waals surface area contributed by atoms with Gasteiger partial charge < -0.3 is 14.7 Å². The third kappa shape index (κ3) is 6.00. The average molecular weight is 623 g/mol. The van der Waals surface area contributed by atoms with Crippen molar-refractivity contribution in [3.8, 4) is 0 Å². The Morgan fingerprint density at radius 3 is 2.12 bits per heavy atom. The molecule has 6 rings (SSSR count). The van der Waals surface area contributed by atoms with E-state index >= 15 is 0 Å². The molecule has 0 saturated carbocycles. The molecule has 2 amide bonds. The summed E-state index contributed by atoms with van der Waals surface area (Å²) in [6.07, 6.45) is 2.82. The number of carbonyl (C=O) groups is 2. The van der Waals surface area contributed by atoms with Gasteiger partial charge in [0.05, 0.1) is 5.41 Å². The first kappa shape index (κ1) is 28.8. The van der Waals surface area contributed by atoms with Crippen LogP contribution in [-0.2, 0) is 11.3 Å². The summed E-state index contributed by atoms with van der Waals surface area (Å²) in [6, 6.07) is 28.6. The first-order chi connectivity index (χ1) is 19.0. The van der Waals surface area contributed by atoms with Gasteiger partial charge in [-0.3, -0.25) is 9.59 Å². The van der Waals surface area contributed by atoms with Crippen LogP contribution in [0.3, 0.4) is 0 Å². The Balaban J connectivity index is 0.00000323. The molecule has 210 valence electrons. The van der Waals surface area contributed by atoms with Gasteiger partial charge in [-0.2, -0.15) is 0 Å². The Bertz CT molecular complexity index is 1300. The smallest absolute Gasteiger partial charge is 0.253 e. The molecule has 3 aliphatic heterocycles. The second-order valence-electron chi connectivity index (χ2n) is 11.5. The van der Waals surface area contributed by atoms with Gasteiger partial charge in [0, 0.05) is 48.7 Å².